The third kappa shape index (κ3) is 2.98. The van der Waals surface area contributed by atoms with E-state index in [9.17, 15) is 4.79 Å². The molecule has 0 aliphatic carbocycles. The molecule has 1 amide bonds. The van der Waals surface area contributed by atoms with Crippen molar-refractivity contribution in [1.82, 2.24) is 9.88 Å². The molecule has 1 N–H and O–H groups in total. The van der Waals surface area contributed by atoms with Crippen molar-refractivity contribution in [3.8, 4) is 0 Å². The largest absolute Gasteiger partial charge is 0.345 e. The Morgan fingerprint density at radius 3 is 2.82 bits per heavy atom. The molecule has 0 saturated heterocycles. The summed E-state index contributed by atoms with van der Waals surface area (Å²) in [6, 6.07) is 12.2. The molecule has 0 radical (unpaired) electrons. The van der Waals surface area contributed by atoms with Gasteiger partial charge in [0, 0.05) is 12.2 Å². The molecule has 1 aliphatic heterocycles. The van der Waals surface area contributed by atoms with Crippen molar-refractivity contribution in [3.63, 3.8) is 0 Å². The molecule has 3 rings (SSSR count). The molecule has 0 saturated carbocycles. The Morgan fingerprint density at radius 2 is 2.09 bits per heavy atom. The first kappa shape index (κ1) is 15.3. The van der Waals surface area contributed by atoms with E-state index in [4.69, 9.17) is 0 Å². The summed E-state index contributed by atoms with van der Waals surface area (Å²) in [4.78, 5) is 12.7. The fraction of sp³-hybridized carbons (Fsp3) is 0.389. The van der Waals surface area contributed by atoms with Crippen molar-refractivity contribution in [1.29, 1.82) is 0 Å². The quantitative estimate of drug-likeness (QED) is 0.857. The van der Waals surface area contributed by atoms with Crippen molar-refractivity contribution in [3.05, 3.63) is 57.8 Å². The summed E-state index contributed by atoms with van der Waals surface area (Å²) in [5.74, 6) is 0.0343. The highest BCUT2D eigenvalue weighted by molar-refractivity contribution is 9.10. The van der Waals surface area contributed by atoms with Gasteiger partial charge in [-0.05, 0) is 53.2 Å². The Morgan fingerprint density at radius 1 is 1.32 bits per heavy atom. The zero-order chi connectivity index (χ0) is 15.5. The van der Waals surface area contributed by atoms with Gasteiger partial charge in [0.15, 0.2) is 0 Å². The van der Waals surface area contributed by atoms with E-state index in [0.717, 1.165) is 41.5 Å². The summed E-state index contributed by atoms with van der Waals surface area (Å²) in [5, 5.41) is 3.19. The summed E-state index contributed by atoms with van der Waals surface area (Å²) < 4.78 is 3.24. The second kappa shape index (κ2) is 6.69. The van der Waals surface area contributed by atoms with E-state index in [1.807, 2.05) is 24.3 Å². The second-order valence-corrected chi connectivity index (χ2v) is 6.59. The van der Waals surface area contributed by atoms with Gasteiger partial charge in [0.25, 0.3) is 5.91 Å². The van der Waals surface area contributed by atoms with E-state index in [1.54, 1.807) is 0 Å². The zero-order valence-corrected chi connectivity index (χ0v) is 14.4. The van der Waals surface area contributed by atoms with Crippen LogP contribution in [0.2, 0.25) is 0 Å². The highest BCUT2D eigenvalue weighted by atomic mass is 79.9. The van der Waals surface area contributed by atoms with Crippen LogP contribution in [0, 0.1) is 0 Å². The van der Waals surface area contributed by atoms with Gasteiger partial charge in [0.1, 0.15) is 0 Å². The molecule has 22 heavy (non-hydrogen) atoms. The topological polar surface area (TPSA) is 34.0 Å². The van der Waals surface area contributed by atoms with E-state index in [-0.39, 0.29) is 11.9 Å². The number of hydrogen-bond acceptors (Lipinski definition) is 1. The van der Waals surface area contributed by atoms with Gasteiger partial charge in [0.05, 0.1) is 16.2 Å². The summed E-state index contributed by atoms with van der Waals surface area (Å²) in [6.07, 6.45) is 4.21. The number of halogens is 1. The molecule has 1 aromatic carbocycles. The third-order valence-electron chi connectivity index (χ3n) is 4.36. The highest BCUT2D eigenvalue weighted by Gasteiger charge is 2.23. The Labute approximate surface area is 139 Å². The van der Waals surface area contributed by atoms with Gasteiger partial charge in [-0.1, -0.05) is 37.3 Å². The Bertz CT molecular complexity index is 663. The number of carbonyl (C=O) groups excluding carboxylic acids is 1. The van der Waals surface area contributed by atoms with Crippen LogP contribution in [0.25, 0.3) is 0 Å². The third-order valence-corrected chi connectivity index (χ3v) is 5.02. The number of nitrogens with one attached hydrogen (secondary N) is 1. The van der Waals surface area contributed by atoms with Crippen molar-refractivity contribution in [2.24, 2.45) is 0 Å². The fourth-order valence-electron chi connectivity index (χ4n) is 3.17. The molecular formula is C18H21BrN2O. The van der Waals surface area contributed by atoms with Crippen molar-refractivity contribution in [2.75, 3.05) is 0 Å². The number of aromatic nitrogens is 1. The lowest BCUT2D eigenvalue weighted by Gasteiger charge is -2.20. The van der Waals surface area contributed by atoms with Crippen LogP contribution in [-0.4, -0.2) is 10.5 Å². The summed E-state index contributed by atoms with van der Waals surface area (Å²) >= 11 is 3.58. The summed E-state index contributed by atoms with van der Waals surface area (Å²) in [7, 11) is 0. The predicted molar refractivity (Wildman–Crippen MR) is 92.0 cm³/mol. The SMILES string of the molecule is CCC(NC(=O)c1cc(Br)n2c1CCCC2)c1ccccc1. The zero-order valence-electron chi connectivity index (χ0n) is 12.8. The smallest absolute Gasteiger partial charge is 0.253 e. The van der Waals surface area contributed by atoms with Gasteiger partial charge >= 0.3 is 0 Å². The van der Waals surface area contributed by atoms with Crippen molar-refractivity contribution >= 4 is 21.8 Å². The minimum atomic E-state index is 0.0343. The van der Waals surface area contributed by atoms with E-state index in [1.165, 1.54) is 12.1 Å². The lowest BCUT2D eigenvalue weighted by atomic mass is 10.0. The van der Waals surface area contributed by atoms with Crippen LogP contribution in [0.3, 0.4) is 0 Å². The molecule has 0 spiro atoms. The van der Waals surface area contributed by atoms with E-state index < -0.39 is 0 Å². The predicted octanol–water partition coefficient (Wildman–Crippen LogP) is 4.47. The Kier molecular flexibility index (Phi) is 4.67. The molecule has 1 unspecified atom stereocenters. The highest BCUT2D eigenvalue weighted by Crippen LogP contribution is 2.27. The lowest BCUT2D eigenvalue weighted by molar-refractivity contribution is 0.0934. The molecule has 3 nitrogen and oxygen atoms in total. The van der Waals surface area contributed by atoms with Crippen LogP contribution in [0.4, 0.5) is 0 Å². The van der Waals surface area contributed by atoms with Crippen LogP contribution < -0.4 is 5.32 Å². The first-order valence-electron chi connectivity index (χ1n) is 7.94. The van der Waals surface area contributed by atoms with Gasteiger partial charge in [-0.2, -0.15) is 0 Å². The molecule has 2 heterocycles. The molecule has 2 aromatic rings. The first-order chi connectivity index (χ1) is 10.7. The van der Waals surface area contributed by atoms with E-state index in [0.29, 0.717) is 0 Å². The molecule has 0 fully saturated rings. The number of fused-ring (bicyclic) bond motifs is 1. The number of rotatable bonds is 4. The molecule has 4 heteroatoms. The number of amides is 1. The molecular weight excluding hydrogens is 340 g/mol. The van der Waals surface area contributed by atoms with Gasteiger partial charge in [0.2, 0.25) is 0 Å². The maximum atomic E-state index is 12.7. The molecule has 1 aliphatic rings. The van der Waals surface area contributed by atoms with Crippen LogP contribution in [-0.2, 0) is 13.0 Å². The van der Waals surface area contributed by atoms with Crippen LogP contribution >= 0.6 is 15.9 Å². The van der Waals surface area contributed by atoms with Gasteiger partial charge in [-0.3, -0.25) is 4.79 Å². The van der Waals surface area contributed by atoms with Crippen molar-refractivity contribution in [2.45, 2.75) is 45.2 Å². The fourth-order valence-corrected chi connectivity index (χ4v) is 3.79. The number of nitrogens with zero attached hydrogens (tertiary/aromatic N) is 1. The first-order valence-corrected chi connectivity index (χ1v) is 8.73. The van der Waals surface area contributed by atoms with Crippen LogP contribution in [0.15, 0.2) is 41.0 Å². The second-order valence-electron chi connectivity index (χ2n) is 5.78. The standard InChI is InChI=1S/C18H21BrN2O/c1-2-15(13-8-4-3-5-9-13)20-18(22)14-12-17(19)21-11-7-6-10-16(14)21/h3-5,8-9,12,15H,2,6-7,10-11H2,1H3,(H,20,22). The van der Waals surface area contributed by atoms with Crippen LogP contribution in [0.1, 0.15) is 53.8 Å². The molecule has 0 bridgehead atoms. The summed E-state index contributed by atoms with van der Waals surface area (Å²) in [6.45, 7) is 3.10. The molecule has 116 valence electrons. The van der Waals surface area contributed by atoms with E-state index in [2.05, 4.69) is 44.9 Å². The van der Waals surface area contributed by atoms with Crippen molar-refractivity contribution < 1.29 is 4.79 Å². The minimum Gasteiger partial charge on any atom is -0.345 e. The Hall–Kier alpha value is -1.55. The normalized spacial score (nSPS) is 15.2. The van der Waals surface area contributed by atoms with E-state index >= 15 is 0 Å². The Balaban J connectivity index is 1.82. The van der Waals surface area contributed by atoms with Gasteiger partial charge in [-0.15, -0.1) is 0 Å². The van der Waals surface area contributed by atoms with Crippen LogP contribution in [0.5, 0.6) is 0 Å². The summed E-state index contributed by atoms with van der Waals surface area (Å²) in [5.41, 5.74) is 3.14. The maximum Gasteiger partial charge on any atom is 0.253 e. The number of hydrogen-bond donors (Lipinski definition) is 1. The number of benzene rings is 1. The number of carbonyl (C=O) groups is 1. The minimum absolute atomic E-state index is 0.0343. The maximum absolute atomic E-state index is 12.7. The van der Waals surface area contributed by atoms with Gasteiger partial charge < -0.3 is 9.88 Å². The molecule has 1 atom stereocenters. The monoisotopic (exact) mass is 360 g/mol. The lowest BCUT2D eigenvalue weighted by Crippen LogP contribution is -2.29. The van der Waals surface area contributed by atoms with Gasteiger partial charge in [-0.25, -0.2) is 0 Å². The average molecular weight is 361 g/mol. The molecule has 1 aromatic heterocycles. The average Bonchev–Trinajstić information content (AvgIpc) is 2.91.